The first kappa shape index (κ1) is 14.3. The van der Waals surface area contributed by atoms with Gasteiger partial charge >= 0.3 is 5.97 Å². The smallest absolute Gasteiger partial charge is 0.335 e. The van der Waals surface area contributed by atoms with E-state index >= 15 is 0 Å². The minimum Gasteiger partial charge on any atom is -0.478 e. The first-order valence-electron chi connectivity index (χ1n) is 5.86. The van der Waals surface area contributed by atoms with Crippen LogP contribution < -0.4 is 4.90 Å². The summed E-state index contributed by atoms with van der Waals surface area (Å²) < 4.78 is 0.926. The van der Waals surface area contributed by atoms with Crippen molar-refractivity contribution in [1.29, 1.82) is 0 Å². The van der Waals surface area contributed by atoms with E-state index in [4.69, 9.17) is 5.11 Å². The second kappa shape index (κ2) is 5.88. The molecule has 0 atom stereocenters. The van der Waals surface area contributed by atoms with Gasteiger partial charge in [-0.05, 0) is 42.5 Å². The van der Waals surface area contributed by atoms with Crippen LogP contribution in [-0.2, 0) is 0 Å². The van der Waals surface area contributed by atoms with Gasteiger partial charge in [0.15, 0.2) is 0 Å². The van der Waals surface area contributed by atoms with Gasteiger partial charge in [0.1, 0.15) is 0 Å². The van der Waals surface area contributed by atoms with Gasteiger partial charge in [0.2, 0.25) is 0 Å². The topological polar surface area (TPSA) is 57.6 Å². The van der Waals surface area contributed by atoms with Crippen LogP contribution in [0, 0.1) is 0 Å². The highest BCUT2D eigenvalue weighted by atomic mass is 79.9. The predicted octanol–water partition coefficient (Wildman–Crippen LogP) is 3.42. The van der Waals surface area contributed by atoms with E-state index in [0.717, 1.165) is 10.2 Å². The van der Waals surface area contributed by atoms with E-state index in [-0.39, 0.29) is 11.5 Å². The Hall–Kier alpha value is -2.14. The van der Waals surface area contributed by atoms with Crippen molar-refractivity contribution in [1.82, 2.24) is 0 Å². The SMILES string of the molecule is CN(C(=O)c1cccc(C(=O)O)c1)c1ccc(Br)cc1. The van der Waals surface area contributed by atoms with Crippen LogP contribution in [0.2, 0.25) is 0 Å². The van der Waals surface area contributed by atoms with Crippen LogP contribution in [0.15, 0.2) is 53.0 Å². The fourth-order valence-corrected chi connectivity index (χ4v) is 2.03. The lowest BCUT2D eigenvalue weighted by Crippen LogP contribution is -2.26. The molecule has 0 radical (unpaired) electrons. The third-order valence-corrected chi connectivity index (χ3v) is 3.40. The molecule has 0 heterocycles. The molecule has 1 N–H and O–H groups in total. The minimum absolute atomic E-state index is 0.0973. The van der Waals surface area contributed by atoms with Crippen LogP contribution in [0.3, 0.4) is 0 Å². The summed E-state index contributed by atoms with van der Waals surface area (Å²) in [4.78, 5) is 24.7. The largest absolute Gasteiger partial charge is 0.478 e. The van der Waals surface area contributed by atoms with Crippen LogP contribution >= 0.6 is 15.9 Å². The number of nitrogens with zero attached hydrogens (tertiary/aromatic N) is 1. The Morgan fingerprint density at radius 1 is 1.05 bits per heavy atom. The van der Waals surface area contributed by atoms with Crippen molar-refractivity contribution < 1.29 is 14.7 Å². The van der Waals surface area contributed by atoms with Gasteiger partial charge in [-0.1, -0.05) is 22.0 Å². The molecule has 0 bridgehead atoms. The lowest BCUT2D eigenvalue weighted by Gasteiger charge is -2.17. The number of amides is 1. The van der Waals surface area contributed by atoms with Crippen molar-refractivity contribution in [2.45, 2.75) is 0 Å². The molecule has 102 valence electrons. The van der Waals surface area contributed by atoms with Gasteiger partial charge in [-0.2, -0.15) is 0 Å². The van der Waals surface area contributed by atoms with Crippen molar-refractivity contribution in [3.05, 3.63) is 64.1 Å². The minimum atomic E-state index is -1.05. The van der Waals surface area contributed by atoms with Gasteiger partial charge in [0.25, 0.3) is 5.91 Å². The summed E-state index contributed by atoms with van der Waals surface area (Å²) in [5, 5.41) is 8.95. The Labute approximate surface area is 124 Å². The molecule has 0 aliphatic carbocycles. The number of hydrogen-bond donors (Lipinski definition) is 1. The quantitative estimate of drug-likeness (QED) is 0.936. The van der Waals surface area contributed by atoms with Gasteiger partial charge in [-0.3, -0.25) is 4.79 Å². The Balaban J connectivity index is 2.28. The van der Waals surface area contributed by atoms with Gasteiger partial charge in [-0.25, -0.2) is 4.79 Å². The van der Waals surface area contributed by atoms with E-state index < -0.39 is 5.97 Å². The highest BCUT2D eigenvalue weighted by Gasteiger charge is 2.15. The number of anilines is 1. The zero-order valence-corrected chi connectivity index (χ0v) is 12.3. The summed E-state index contributed by atoms with van der Waals surface area (Å²) >= 11 is 3.33. The highest BCUT2D eigenvalue weighted by molar-refractivity contribution is 9.10. The van der Waals surface area contributed by atoms with Gasteiger partial charge < -0.3 is 10.0 Å². The molecule has 0 saturated carbocycles. The number of carboxylic acid groups (broad SMARTS) is 1. The van der Waals surface area contributed by atoms with Crippen molar-refractivity contribution in [2.24, 2.45) is 0 Å². The van der Waals surface area contributed by atoms with Crippen molar-refractivity contribution in [3.63, 3.8) is 0 Å². The number of hydrogen-bond acceptors (Lipinski definition) is 2. The molecule has 4 nitrogen and oxygen atoms in total. The van der Waals surface area contributed by atoms with Crippen molar-refractivity contribution in [3.8, 4) is 0 Å². The first-order valence-corrected chi connectivity index (χ1v) is 6.65. The summed E-state index contributed by atoms with van der Waals surface area (Å²) in [6, 6.07) is 13.3. The molecular weight excluding hydrogens is 322 g/mol. The van der Waals surface area contributed by atoms with Gasteiger partial charge in [0, 0.05) is 22.8 Å². The van der Waals surface area contributed by atoms with E-state index in [9.17, 15) is 9.59 Å². The van der Waals surface area contributed by atoms with Crippen LogP contribution in [0.1, 0.15) is 20.7 Å². The fraction of sp³-hybridized carbons (Fsp3) is 0.0667. The molecule has 2 rings (SSSR count). The van der Waals surface area contributed by atoms with Crippen molar-refractivity contribution in [2.75, 3.05) is 11.9 Å². The van der Waals surface area contributed by atoms with E-state index in [0.29, 0.717) is 5.56 Å². The maximum atomic E-state index is 12.3. The Morgan fingerprint density at radius 2 is 1.65 bits per heavy atom. The normalized spacial score (nSPS) is 10.1. The molecule has 0 spiro atoms. The zero-order chi connectivity index (χ0) is 14.7. The molecule has 0 aliphatic rings. The first-order chi connectivity index (χ1) is 9.49. The van der Waals surface area contributed by atoms with E-state index in [1.165, 1.54) is 17.0 Å². The molecule has 2 aromatic carbocycles. The highest BCUT2D eigenvalue weighted by Crippen LogP contribution is 2.19. The molecule has 1 amide bonds. The molecular formula is C15H12BrNO3. The van der Waals surface area contributed by atoms with Crippen LogP contribution in [0.4, 0.5) is 5.69 Å². The average molecular weight is 334 g/mol. The number of halogens is 1. The monoisotopic (exact) mass is 333 g/mol. The fourth-order valence-electron chi connectivity index (χ4n) is 1.76. The third-order valence-electron chi connectivity index (χ3n) is 2.88. The number of benzene rings is 2. The summed E-state index contributed by atoms with van der Waals surface area (Å²) in [5.74, 6) is -1.30. The number of carbonyl (C=O) groups excluding carboxylic acids is 1. The summed E-state index contributed by atoms with van der Waals surface area (Å²) in [6.07, 6.45) is 0. The lowest BCUT2D eigenvalue weighted by atomic mass is 10.1. The number of carbonyl (C=O) groups is 2. The molecule has 0 aliphatic heterocycles. The number of rotatable bonds is 3. The molecule has 0 aromatic heterocycles. The van der Waals surface area contributed by atoms with E-state index in [1.807, 2.05) is 24.3 Å². The molecule has 5 heteroatoms. The summed E-state index contributed by atoms with van der Waals surface area (Å²) in [6.45, 7) is 0. The second-order valence-electron chi connectivity index (χ2n) is 4.23. The van der Waals surface area contributed by atoms with Crippen molar-refractivity contribution >= 4 is 33.5 Å². The second-order valence-corrected chi connectivity index (χ2v) is 5.14. The van der Waals surface area contributed by atoms with Crippen LogP contribution in [0.5, 0.6) is 0 Å². The predicted molar refractivity (Wildman–Crippen MR) is 80.3 cm³/mol. The van der Waals surface area contributed by atoms with E-state index in [1.54, 1.807) is 19.2 Å². The van der Waals surface area contributed by atoms with Crippen LogP contribution in [-0.4, -0.2) is 24.0 Å². The maximum Gasteiger partial charge on any atom is 0.335 e. The third kappa shape index (κ3) is 3.05. The molecule has 0 fully saturated rings. The molecule has 0 unspecified atom stereocenters. The summed E-state index contributed by atoms with van der Waals surface area (Å²) in [5.41, 5.74) is 1.18. The van der Waals surface area contributed by atoms with Crippen LogP contribution in [0.25, 0.3) is 0 Å². The number of aromatic carboxylic acids is 1. The Kier molecular flexibility index (Phi) is 4.20. The molecule has 20 heavy (non-hydrogen) atoms. The van der Waals surface area contributed by atoms with Gasteiger partial charge in [0.05, 0.1) is 5.56 Å². The summed E-state index contributed by atoms with van der Waals surface area (Å²) in [7, 11) is 1.65. The number of carboxylic acids is 1. The van der Waals surface area contributed by atoms with E-state index in [2.05, 4.69) is 15.9 Å². The average Bonchev–Trinajstić information content (AvgIpc) is 2.46. The maximum absolute atomic E-state index is 12.3. The zero-order valence-electron chi connectivity index (χ0n) is 10.7. The Morgan fingerprint density at radius 3 is 2.25 bits per heavy atom. The molecule has 2 aromatic rings. The molecule has 0 saturated heterocycles. The lowest BCUT2D eigenvalue weighted by molar-refractivity contribution is 0.0697. The van der Waals surface area contributed by atoms with Gasteiger partial charge in [-0.15, -0.1) is 0 Å². The Bertz CT molecular complexity index is 652. The standard InChI is InChI=1S/C15H12BrNO3/c1-17(13-7-5-12(16)6-8-13)14(18)10-3-2-4-11(9-10)15(19)20/h2-9H,1H3,(H,19,20).